The maximum atomic E-state index is 2.50. The summed E-state index contributed by atoms with van der Waals surface area (Å²) in [6.45, 7) is 2.16. The summed E-state index contributed by atoms with van der Waals surface area (Å²) in [6.07, 6.45) is 1.24. The van der Waals surface area contributed by atoms with Gasteiger partial charge in [0.25, 0.3) is 0 Å². The Morgan fingerprint density at radius 3 is 3.18 bits per heavy atom. The van der Waals surface area contributed by atoms with Crippen LogP contribution in [0.15, 0.2) is 23.1 Å². The van der Waals surface area contributed by atoms with Crippen LogP contribution in [0.4, 0.5) is 0 Å². The third kappa shape index (κ3) is 1.56. The van der Waals surface area contributed by atoms with Gasteiger partial charge in [-0.2, -0.15) is 0 Å². The molecular formula is C9H9IS. The van der Waals surface area contributed by atoms with Crippen LogP contribution in [0.5, 0.6) is 0 Å². The minimum absolute atomic E-state index is 0.754. The van der Waals surface area contributed by atoms with Crippen molar-refractivity contribution in [3.8, 4) is 0 Å². The molecule has 58 valence electrons. The highest BCUT2D eigenvalue weighted by atomic mass is 127. The molecule has 2 rings (SSSR count). The highest BCUT2D eigenvalue weighted by Crippen LogP contribution is 2.40. The maximum absolute atomic E-state index is 2.50. The number of alkyl halides is 1. The minimum Gasteiger partial charge on any atom is -0.111 e. The molecule has 0 N–H and O–H groups in total. The molecule has 0 saturated carbocycles. The zero-order chi connectivity index (χ0) is 7.84. The number of fused-ring (bicyclic) bond motifs is 1. The summed E-state index contributed by atoms with van der Waals surface area (Å²) >= 11 is 4.49. The third-order valence-electron chi connectivity index (χ3n) is 1.85. The molecule has 1 aromatic carbocycles. The quantitative estimate of drug-likeness (QED) is 0.517. The predicted molar refractivity (Wildman–Crippen MR) is 58.5 cm³/mol. The van der Waals surface area contributed by atoms with Gasteiger partial charge in [-0.15, -0.1) is 11.8 Å². The highest BCUT2D eigenvalue weighted by molar-refractivity contribution is 14.1. The number of benzene rings is 1. The summed E-state index contributed by atoms with van der Waals surface area (Å²) in [4.78, 5) is 1.48. The molecule has 0 saturated heterocycles. The van der Waals surface area contributed by atoms with E-state index >= 15 is 0 Å². The van der Waals surface area contributed by atoms with Crippen molar-refractivity contribution in [3.05, 3.63) is 29.3 Å². The van der Waals surface area contributed by atoms with Gasteiger partial charge in [-0.25, -0.2) is 0 Å². The summed E-state index contributed by atoms with van der Waals surface area (Å²) in [5.74, 6) is 0. The van der Waals surface area contributed by atoms with Gasteiger partial charge in [0.1, 0.15) is 0 Å². The molecule has 0 nitrogen and oxygen atoms in total. The fourth-order valence-corrected chi connectivity index (χ4v) is 3.61. The van der Waals surface area contributed by atoms with Crippen molar-refractivity contribution >= 4 is 34.4 Å². The molecule has 1 atom stereocenters. The van der Waals surface area contributed by atoms with Crippen molar-refractivity contribution < 1.29 is 0 Å². The average Bonchev–Trinajstić information content (AvgIpc) is 2.27. The van der Waals surface area contributed by atoms with Gasteiger partial charge in [-0.05, 0) is 25.0 Å². The largest absolute Gasteiger partial charge is 0.111 e. The molecule has 11 heavy (non-hydrogen) atoms. The smallest absolute Gasteiger partial charge is 0.0652 e. The van der Waals surface area contributed by atoms with E-state index in [0.29, 0.717) is 0 Å². The second-order valence-corrected chi connectivity index (χ2v) is 6.44. The topological polar surface area (TPSA) is 0 Å². The first-order valence-corrected chi connectivity index (χ1v) is 5.78. The van der Waals surface area contributed by atoms with E-state index in [0.717, 1.165) is 3.26 Å². The van der Waals surface area contributed by atoms with E-state index in [-0.39, 0.29) is 0 Å². The van der Waals surface area contributed by atoms with E-state index in [1.54, 1.807) is 0 Å². The number of thioether (sulfide) groups is 1. The number of hydrogen-bond donors (Lipinski definition) is 0. The van der Waals surface area contributed by atoms with E-state index in [1.165, 1.54) is 22.4 Å². The lowest BCUT2D eigenvalue weighted by Crippen LogP contribution is -1.86. The maximum Gasteiger partial charge on any atom is 0.0652 e. The van der Waals surface area contributed by atoms with Gasteiger partial charge < -0.3 is 0 Å². The molecule has 1 heterocycles. The summed E-state index contributed by atoms with van der Waals surface area (Å²) in [5, 5.41) is 0. The van der Waals surface area contributed by atoms with E-state index in [1.807, 2.05) is 11.8 Å². The van der Waals surface area contributed by atoms with Crippen LogP contribution in [-0.2, 0) is 6.42 Å². The Balaban J connectivity index is 2.43. The second kappa shape index (κ2) is 2.98. The average molecular weight is 276 g/mol. The van der Waals surface area contributed by atoms with Gasteiger partial charge in [0, 0.05) is 4.90 Å². The van der Waals surface area contributed by atoms with Crippen LogP contribution >= 0.6 is 34.4 Å². The van der Waals surface area contributed by atoms with E-state index < -0.39 is 0 Å². The zero-order valence-corrected chi connectivity index (χ0v) is 9.28. The van der Waals surface area contributed by atoms with Gasteiger partial charge in [-0.3, -0.25) is 0 Å². The lowest BCUT2D eigenvalue weighted by atomic mass is 10.1. The van der Waals surface area contributed by atoms with Crippen LogP contribution in [0.3, 0.4) is 0 Å². The third-order valence-corrected chi connectivity index (χ3v) is 4.13. The van der Waals surface area contributed by atoms with Crippen LogP contribution in [0.1, 0.15) is 11.1 Å². The number of hydrogen-bond acceptors (Lipinski definition) is 1. The SMILES string of the molecule is Cc1ccc2c(c1)CC(I)S2. The van der Waals surface area contributed by atoms with Gasteiger partial charge in [0.2, 0.25) is 0 Å². The van der Waals surface area contributed by atoms with Crippen LogP contribution in [0.2, 0.25) is 0 Å². The summed E-state index contributed by atoms with van der Waals surface area (Å²) in [6, 6.07) is 6.75. The molecule has 1 aliphatic heterocycles. The Kier molecular flexibility index (Phi) is 2.14. The number of rotatable bonds is 0. The lowest BCUT2D eigenvalue weighted by molar-refractivity contribution is 1.12. The second-order valence-electron chi connectivity index (χ2n) is 2.84. The van der Waals surface area contributed by atoms with Crippen molar-refractivity contribution in [2.24, 2.45) is 0 Å². The predicted octanol–water partition coefficient (Wildman–Crippen LogP) is 3.40. The molecule has 0 spiro atoms. The highest BCUT2D eigenvalue weighted by Gasteiger charge is 2.18. The van der Waals surface area contributed by atoms with Crippen molar-refractivity contribution in [1.82, 2.24) is 0 Å². The van der Waals surface area contributed by atoms with Crippen LogP contribution in [0.25, 0.3) is 0 Å². The molecular weight excluding hydrogens is 267 g/mol. The van der Waals surface area contributed by atoms with E-state index in [2.05, 4.69) is 47.7 Å². The first-order valence-electron chi connectivity index (χ1n) is 3.66. The zero-order valence-electron chi connectivity index (χ0n) is 6.30. The first-order chi connectivity index (χ1) is 5.25. The lowest BCUT2D eigenvalue weighted by Gasteiger charge is -1.96. The Morgan fingerprint density at radius 2 is 2.36 bits per heavy atom. The van der Waals surface area contributed by atoms with E-state index in [4.69, 9.17) is 0 Å². The Bertz CT molecular complexity index is 283. The Labute approximate surface area is 84.9 Å². The van der Waals surface area contributed by atoms with E-state index in [9.17, 15) is 0 Å². The molecule has 0 aliphatic carbocycles. The number of aryl methyl sites for hydroxylation is 1. The molecule has 2 heteroatoms. The van der Waals surface area contributed by atoms with Gasteiger partial charge in [0.15, 0.2) is 0 Å². The Hall–Kier alpha value is 0.300. The molecule has 0 fully saturated rings. The standard InChI is InChI=1S/C9H9IS/c1-6-2-3-8-7(4-6)5-9(10)11-8/h2-4,9H,5H2,1H3. The normalized spacial score (nSPS) is 21.8. The van der Waals surface area contributed by atoms with Gasteiger partial charge >= 0.3 is 0 Å². The van der Waals surface area contributed by atoms with Crippen LogP contribution in [0, 0.1) is 6.92 Å². The summed E-state index contributed by atoms with van der Waals surface area (Å²) < 4.78 is 0.754. The number of halogens is 1. The molecule has 0 bridgehead atoms. The minimum atomic E-state index is 0.754. The summed E-state index contributed by atoms with van der Waals surface area (Å²) in [5.41, 5.74) is 2.92. The fraction of sp³-hybridized carbons (Fsp3) is 0.333. The molecule has 0 radical (unpaired) electrons. The van der Waals surface area contributed by atoms with Crippen molar-refractivity contribution in [1.29, 1.82) is 0 Å². The molecule has 1 aliphatic rings. The monoisotopic (exact) mass is 276 g/mol. The Morgan fingerprint density at radius 1 is 1.55 bits per heavy atom. The molecule has 1 unspecified atom stereocenters. The molecule has 1 aromatic rings. The summed E-state index contributed by atoms with van der Waals surface area (Å²) in [7, 11) is 0. The first kappa shape index (κ1) is 7.92. The fourth-order valence-electron chi connectivity index (χ4n) is 1.34. The van der Waals surface area contributed by atoms with Gasteiger partial charge in [-0.1, -0.05) is 40.3 Å². The van der Waals surface area contributed by atoms with Crippen molar-refractivity contribution in [2.75, 3.05) is 0 Å². The van der Waals surface area contributed by atoms with Crippen LogP contribution in [-0.4, -0.2) is 3.26 Å². The molecule has 0 aromatic heterocycles. The van der Waals surface area contributed by atoms with Crippen molar-refractivity contribution in [2.45, 2.75) is 21.5 Å². The van der Waals surface area contributed by atoms with Crippen molar-refractivity contribution in [3.63, 3.8) is 0 Å². The van der Waals surface area contributed by atoms with Gasteiger partial charge in [0.05, 0.1) is 3.26 Å². The molecule has 0 amide bonds. The van der Waals surface area contributed by atoms with Crippen LogP contribution < -0.4 is 0 Å².